The van der Waals surface area contributed by atoms with E-state index in [2.05, 4.69) is 43.0 Å². The number of amides is 1. The summed E-state index contributed by atoms with van der Waals surface area (Å²) < 4.78 is 0. The van der Waals surface area contributed by atoms with Gasteiger partial charge < -0.3 is 10.6 Å². The van der Waals surface area contributed by atoms with Crippen molar-refractivity contribution < 1.29 is 4.79 Å². The summed E-state index contributed by atoms with van der Waals surface area (Å²) in [4.78, 5) is 16.7. The lowest BCUT2D eigenvalue weighted by atomic mass is 9.95. The standard InChI is InChI=1S/C18H29N3O/c1-3-10-21(11-4-2)18(22)14-20-12-16(17(19)13-20)15-8-6-5-7-9-15/h5-9,16-17H,3-4,10-14,19H2,1-2H3/t16-,17+/m0/s1. The number of rotatable bonds is 7. The number of hydrogen-bond donors (Lipinski definition) is 1. The van der Waals surface area contributed by atoms with Gasteiger partial charge in [-0.3, -0.25) is 9.69 Å². The maximum atomic E-state index is 12.5. The number of hydrogen-bond acceptors (Lipinski definition) is 3. The van der Waals surface area contributed by atoms with Crippen LogP contribution in [0.2, 0.25) is 0 Å². The highest BCUT2D eigenvalue weighted by Gasteiger charge is 2.32. The second-order valence-electron chi connectivity index (χ2n) is 6.26. The Morgan fingerprint density at radius 1 is 1.18 bits per heavy atom. The summed E-state index contributed by atoms with van der Waals surface area (Å²) >= 11 is 0. The lowest BCUT2D eigenvalue weighted by Gasteiger charge is -2.24. The predicted molar refractivity (Wildman–Crippen MR) is 90.8 cm³/mol. The van der Waals surface area contributed by atoms with Crippen molar-refractivity contribution in [2.75, 3.05) is 32.7 Å². The molecule has 0 radical (unpaired) electrons. The molecule has 1 aliphatic rings. The van der Waals surface area contributed by atoms with Gasteiger partial charge in [-0.1, -0.05) is 44.2 Å². The number of nitrogens with two attached hydrogens (primary N) is 1. The molecule has 2 atom stereocenters. The molecule has 0 spiro atoms. The van der Waals surface area contributed by atoms with E-state index in [1.807, 2.05) is 11.0 Å². The number of likely N-dealkylation sites (tertiary alicyclic amines) is 1. The summed E-state index contributed by atoms with van der Waals surface area (Å²) in [6, 6.07) is 10.5. The molecule has 1 saturated heterocycles. The molecule has 1 aliphatic heterocycles. The van der Waals surface area contributed by atoms with Gasteiger partial charge in [-0.05, 0) is 18.4 Å². The average Bonchev–Trinajstić information content (AvgIpc) is 2.88. The minimum absolute atomic E-state index is 0.112. The van der Waals surface area contributed by atoms with Crippen LogP contribution in [0.4, 0.5) is 0 Å². The Bertz CT molecular complexity index is 457. The fourth-order valence-electron chi connectivity index (χ4n) is 3.29. The maximum absolute atomic E-state index is 12.5. The molecule has 1 heterocycles. The molecule has 4 nitrogen and oxygen atoms in total. The molecule has 0 aromatic heterocycles. The van der Waals surface area contributed by atoms with Crippen LogP contribution in [0.3, 0.4) is 0 Å². The first-order valence-electron chi connectivity index (χ1n) is 8.46. The van der Waals surface area contributed by atoms with Crippen LogP contribution in [0.15, 0.2) is 30.3 Å². The third-order valence-electron chi connectivity index (χ3n) is 4.37. The van der Waals surface area contributed by atoms with Crippen LogP contribution in [-0.2, 0) is 4.79 Å². The highest BCUT2D eigenvalue weighted by Crippen LogP contribution is 2.26. The van der Waals surface area contributed by atoms with Crippen LogP contribution >= 0.6 is 0 Å². The van der Waals surface area contributed by atoms with Gasteiger partial charge in [-0.15, -0.1) is 0 Å². The van der Waals surface area contributed by atoms with Crippen molar-refractivity contribution in [1.29, 1.82) is 0 Å². The largest absolute Gasteiger partial charge is 0.342 e. The van der Waals surface area contributed by atoms with E-state index >= 15 is 0 Å². The van der Waals surface area contributed by atoms with Crippen LogP contribution in [0.5, 0.6) is 0 Å². The van der Waals surface area contributed by atoms with E-state index in [4.69, 9.17) is 5.73 Å². The van der Waals surface area contributed by atoms with E-state index in [-0.39, 0.29) is 11.9 Å². The normalized spacial score (nSPS) is 22.0. The molecule has 1 fully saturated rings. The van der Waals surface area contributed by atoms with Gasteiger partial charge in [0.2, 0.25) is 5.91 Å². The fraction of sp³-hybridized carbons (Fsp3) is 0.611. The minimum Gasteiger partial charge on any atom is -0.342 e. The van der Waals surface area contributed by atoms with Crippen molar-refractivity contribution in [3.8, 4) is 0 Å². The molecule has 2 N–H and O–H groups in total. The number of benzene rings is 1. The average molecular weight is 303 g/mol. The smallest absolute Gasteiger partial charge is 0.236 e. The first-order chi connectivity index (χ1) is 10.7. The predicted octanol–water partition coefficient (Wildman–Crippen LogP) is 2.06. The summed E-state index contributed by atoms with van der Waals surface area (Å²) in [5.74, 6) is 0.574. The molecular formula is C18H29N3O. The SMILES string of the molecule is CCCN(CCC)C(=O)CN1C[C@@H](N)[C@H](c2ccccc2)C1. The molecule has 1 amide bonds. The first-order valence-corrected chi connectivity index (χ1v) is 8.46. The molecule has 0 aliphatic carbocycles. The highest BCUT2D eigenvalue weighted by atomic mass is 16.2. The summed E-state index contributed by atoms with van der Waals surface area (Å²) in [6.07, 6.45) is 2.02. The Morgan fingerprint density at radius 3 is 2.41 bits per heavy atom. The van der Waals surface area contributed by atoms with E-state index < -0.39 is 0 Å². The quantitative estimate of drug-likeness (QED) is 0.839. The zero-order valence-corrected chi connectivity index (χ0v) is 13.9. The van der Waals surface area contributed by atoms with Crippen LogP contribution in [0.1, 0.15) is 38.2 Å². The lowest BCUT2D eigenvalue weighted by Crippen LogP contribution is -2.41. The van der Waals surface area contributed by atoms with E-state index in [1.165, 1.54) is 5.56 Å². The zero-order chi connectivity index (χ0) is 15.9. The molecule has 0 saturated carbocycles. The van der Waals surface area contributed by atoms with Gasteiger partial charge in [0.15, 0.2) is 0 Å². The van der Waals surface area contributed by atoms with Gasteiger partial charge in [-0.2, -0.15) is 0 Å². The van der Waals surface area contributed by atoms with Gasteiger partial charge in [-0.25, -0.2) is 0 Å². The van der Waals surface area contributed by atoms with Crippen molar-refractivity contribution in [2.24, 2.45) is 5.73 Å². The Labute approximate surface area is 134 Å². The van der Waals surface area contributed by atoms with E-state index in [0.717, 1.165) is 39.0 Å². The fourth-order valence-corrected chi connectivity index (χ4v) is 3.29. The van der Waals surface area contributed by atoms with Gasteiger partial charge in [0.1, 0.15) is 0 Å². The second-order valence-corrected chi connectivity index (χ2v) is 6.26. The highest BCUT2D eigenvalue weighted by molar-refractivity contribution is 5.78. The number of nitrogens with zero attached hydrogens (tertiary/aromatic N) is 2. The third kappa shape index (κ3) is 4.31. The number of carbonyl (C=O) groups excluding carboxylic acids is 1. The van der Waals surface area contributed by atoms with Gasteiger partial charge in [0.25, 0.3) is 0 Å². The Morgan fingerprint density at radius 2 is 1.82 bits per heavy atom. The van der Waals surface area contributed by atoms with Crippen molar-refractivity contribution in [3.63, 3.8) is 0 Å². The molecule has 0 unspecified atom stereocenters. The van der Waals surface area contributed by atoms with Crippen LogP contribution in [0.25, 0.3) is 0 Å². The van der Waals surface area contributed by atoms with Crippen LogP contribution < -0.4 is 5.73 Å². The molecule has 122 valence electrons. The lowest BCUT2D eigenvalue weighted by molar-refractivity contribution is -0.132. The third-order valence-corrected chi connectivity index (χ3v) is 4.37. The summed E-state index contributed by atoms with van der Waals surface area (Å²) in [6.45, 7) is 8.13. The maximum Gasteiger partial charge on any atom is 0.236 e. The summed E-state index contributed by atoms with van der Waals surface area (Å²) in [7, 11) is 0. The zero-order valence-electron chi connectivity index (χ0n) is 13.9. The van der Waals surface area contributed by atoms with E-state index in [9.17, 15) is 4.79 Å². The monoisotopic (exact) mass is 303 g/mol. The molecule has 22 heavy (non-hydrogen) atoms. The van der Waals surface area contributed by atoms with E-state index in [1.54, 1.807) is 0 Å². The van der Waals surface area contributed by atoms with Crippen LogP contribution in [0, 0.1) is 0 Å². The molecular weight excluding hydrogens is 274 g/mol. The van der Waals surface area contributed by atoms with Crippen LogP contribution in [-0.4, -0.2) is 54.5 Å². The van der Waals surface area contributed by atoms with Crippen molar-refractivity contribution in [1.82, 2.24) is 9.80 Å². The second kappa shape index (κ2) is 8.30. The number of carbonyl (C=O) groups is 1. The van der Waals surface area contributed by atoms with Gasteiger partial charge >= 0.3 is 0 Å². The Balaban J connectivity index is 1.93. The minimum atomic E-state index is 0.112. The molecule has 2 rings (SSSR count). The van der Waals surface area contributed by atoms with Gasteiger partial charge in [0.05, 0.1) is 6.54 Å². The topological polar surface area (TPSA) is 49.6 Å². The Kier molecular flexibility index (Phi) is 6.40. The molecule has 0 bridgehead atoms. The summed E-state index contributed by atoms with van der Waals surface area (Å²) in [5.41, 5.74) is 7.59. The first kappa shape index (κ1) is 17.0. The van der Waals surface area contributed by atoms with Crippen molar-refractivity contribution >= 4 is 5.91 Å². The summed E-state index contributed by atoms with van der Waals surface area (Å²) in [5, 5.41) is 0. The Hall–Kier alpha value is -1.39. The van der Waals surface area contributed by atoms with E-state index in [0.29, 0.717) is 12.5 Å². The molecule has 1 aromatic rings. The van der Waals surface area contributed by atoms with Gasteiger partial charge in [0, 0.05) is 38.1 Å². The molecule has 4 heteroatoms. The van der Waals surface area contributed by atoms with Crippen molar-refractivity contribution in [3.05, 3.63) is 35.9 Å². The van der Waals surface area contributed by atoms with Crippen molar-refractivity contribution in [2.45, 2.75) is 38.6 Å². The molecule has 1 aromatic carbocycles.